The van der Waals surface area contributed by atoms with E-state index in [0.717, 1.165) is 6.42 Å². The van der Waals surface area contributed by atoms with E-state index >= 15 is 0 Å². The highest BCUT2D eigenvalue weighted by Crippen LogP contribution is 2.18. The molecule has 104 valence electrons. The average molecular weight is 264 g/mol. The molecule has 0 radical (unpaired) electrons. The number of hydrazine groups is 1. The van der Waals surface area contributed by atoms with E-state index in [2.05, 4.69) is 17.3 Å². The summed E-state index contributed by atoms with van der Waals surface area (Å²) in [6.45, 7) is 5.25. The van der Waals surface area contributed by atoms with Gasteiger partial charge in [0.05, 0.1) is 24.3 Å². The maximum absolute atomic E-state index is 12.5. The Bertz CT molecular complexity index is 435. The van der Waals surface area contributed by atoms with Crippen LogP contribution in [-0.2, 0) is 4.74 Å². The number of carbonyl (C=O) groups excluding carboxylic acids is 1. The zero-order valence-corrected chi connectivity index (χ0v) is 11.3. The van der Waals surface area contributed by atoms with Crippen molar-refractivity contribution in [3.63, 3.8) is 0 Å². The van der Waals surface area contributed by atoms with Gasteiger partial charge in [0.2, 0.25) is 0 Å². The highest BCUT2D eigenvalue weighted by molar-refractivity contribution is 5.94. The van der Waals surface area contributed by atoms with Crippen molar-refractivity contribution >= 4 is 11.7 Å². The molecule has 2 atom stereocenters. The minimum atomic E-state index is -0.00179. The number of amides is 1. The minimum absolute atomic E-state index is 0.00179. The van der Waals surface area contributed by atoms with Crippen LogP contribution in [0.15, 0.2) is 18.3 Å². The largest absolute Gasteiger partial charge is 0.375 e. The molecule has 0 bridgehead atoms. The molecular weight excluding hydrogens is 244 g/mol. The van der Waals surface area contributed by atoms with Gasteiger partial charge in [-0.05, 0) is 25.5 Å². The predicted molar refractivity (Wildman–Crippen MR) is 72.6 cm³/mol. The van der Waals surface area contributed by atoms with Gasteiger partial charge in [0.25, 0.3) is 5.91 Å². The second-order valence-corrected chi connectivity index (χ2v) is 4.74. The standard InChI is InChI=1S/C13H20N4O2/c1-3-11-8-19-9(2)7-17(11)13(18)10-4-5-12(16-14)15-6-10/h4-6,9,11H,3,7-8,14H2,1-2H3,(H,15,16). The molecule has 2 unspecified atom stereocenters. The Morgan fingerprint density at radius 1 is 1.63 bits per heavy atom. The Balaban J connectivity index is 2.15. The molecule has 3 N–H and O–H groups in total. The normalized spacial score (nSPS) is 23.2. The van der Waals surface area contributed by atoms with E-state index in [4.69, 9.17) is 10.6 Å². The second-order valence-electron chi connectivity index (χ2n) is 4.74. The summed E-state index contributed by atoms with van der Waals surface area (Å²) < 4.78 is 5.60. The molecule has 1 amide bonds. The van der Waals surface area contributed by atoms with Crippen molar-refractivity contribution < 1.29 is 9.53 Å². The molecule has 6 nitrogen and oxygen atoms in total. The molecule has 0 aromatic carbocycles. The molecule has 0 spiro atoms. The van der Waals surface area contributed by atoms with Crippen molar-refractivity contribution in [2.75, 3.05) is 18.6 Å². The maximum Gasteiger partial charge on any atom is 0.255 e. The van der Waals surface area contributed by atoms with E-state index in [0.29, 0.717) is 24.5 Å². The molecule has 19 heavy (non-hydrogen) atoms. The lowest BCUT2D eigenvalue weighted by Crippen LogP contribution is -2.51. The summed E-state index contributed by atoms with van der Waals surface area (Å²) in [7, 11) is 0. The van der Waals surface area contributed by atoms with Crippen LogP contribution in [0.3, 0.4) is 0 Å². The van der Waals surface area contributed by atoms with Gasteiger partial charge in [-0.1, -0.05) is 6.92 Å². The van der Waals surface area contributed by atoms with Crippen LogP contribution in [0.5, 0.6) is 0 Å². The fourth-order valence-corrected chi connectivity index (χ4v) is 2.20. The summed E-state index contributed by atoms with van der Waals surface area (Å²) >= 11 is 0. The Labute approximate surface area is 112 Å². The third-order valence-electron chi connectivity index (χ3n) is 3.36. The van der Waals surface area contributed by atoms with E-state index in [1.165, 1.54) is 0 Å². The van der Waals surface area contributed by atoms with Crippen LogP contribution in [-0.4, -0.2) is 41.1 Å². The molecule has 1 aliphatic rings. The first-order valence-corrected chi connectivity index (χ1v) is 6.51. The molecule has 1 aromatic rings. The highest BCUT2D eigenvalue weighted by atomic mass is 16.5. The van der Waals surface area contributed by atoms with Crippen LogP contribution in [0.2, 0.25) is 0 Å². The number of pyridine rings is 1. The third-order valence-corrected chi connectivity index (χ3v) is 3.36. The van der Waals surface area contributed by atoms with Crippen molar-refractivity contribution in [2.45, 2.75) is 32.4 Å². The summed E-state index contributed by atoms with van der Waals surface area (Å²) in [5.74, 6) is 5.80. The Kier molecular flexibility index (Phi) is 4.34. The van der Waals surface area contributed by atoms with Crippen LogP contribution in [0.25, 0.3) is 0 Å². The molecule has 1 aliphatic heterocycles. The van der Waals surface area contributed by atoms with E-state index < -0.39 is 0 Å². The number of nitrogens with two attached hydrogens (primary N) is 1. The predicted octanol–water partition coefficient (Wildman–Crippen LogP) is 1.01. The first-order chi connectivity index (χ1) is 9.15. The van der Waals surface area contributed by atoms with Gasteiger partial charge in [0.15, 0.2) is 0 Å². The topological polar surface area (TPSA) is 80.5 Å². The number of ether oxygens (including phenoxy) is 1. The SMILES string of the molecule is CCC1COC(C)CN1C(=O)c1ccc(NN)nc1. The van der Waals surface area contributed by atoms with Gasteiger partial charge in [-0.25, -0.2) is 10.8 Å². The molecular formula is C13H20N4O2. The number of nitrogen functional groups attached to an aromatic ring is 1. The van der Waals surface area contributed by atoms with Crippen molar-refractivity contribution in [1.29, 1.82) is 0 Å². The smallest absolute Gasteiger partial charge is 0.255 e. The Morgan fingerprint density at radius 3 is 3.00 bits per heavy atom. The van der Waals surface area contributed by atoms with Crippen LogP contribution < -0.4 is 11.3 Å². The number of aromatic nitrogens is 1. The number of anilines is 1. The third kappa shape index (κ3) is 3.02. The van der Waals surface area contributed by atoms with Crippen molar-refractivity contribution in [3.05, 3.63) is 23.9 Å². The number of nitrogens with one attached hydrogen (secondary N) is 1. The number of hydrogen-bond acceptors (Lipinski definition) is 5. The minimum Gasteiger partial charge on any atom is -0.375 e. The monoisotopic (exact) mass is 264 g/mol. The van der Waals surface area contributed by atoms with Gasteiger partial charge in [-0.2, -0.15) is 0 Å². The van der Waals surface area contributed by atoms with Crippen LogP contribution in [0, 0.1) is 0 Å². The maximum atomic E-state index is 12.5. The van der Waals surface area contributed by atoms with Crippen molar-refractivity contribution in [1.82, 2.24) is 9.88 Å². The van der Waals surface area contributed by atoms with Crippen LogP contribution in [0.1, 0.15) is 30.6 Å². The van der Waals surface area contributed by atoms with Gasteiger partial charge in [0, 0.05) is 12.7 Å². The molecule has 0 saturated carbocycles. The summed E-state index contributed by atoms with van der Waals surface area (Å²) in [5.41, 5.74) is 3.02. The summed E-state index contributed by atoms with van der Waals surface area (Å²) in [4.78, 5) is 18.4. The fourth-order valence-electron chi connectivity index (χ4n) is 2.20. The molecule has 1 fully saturated rings. The lowest BCUT2D eigenvalue weighted by atomic mass is 10.1. The van der Waals surface area contributed by atoms with Gasteiger partial charge < -0.3 is 15.1 Å². The molecule has 6 heteroatoms. The number of rotatable bonds is 3. The zero-order valence-electron chi connectivity index (χ0n) is 11.3. The molecule has 0 aliphatic carbocycles. The quantitative estimate of drug-likeness (QED) is 0.629. The van der Waals surface area contributed by atoms with Crippen LogP contribution >= 0.6 is 0 Å². The zero-order chi connectivity index (χ0) is 13.8. The molecule has 1 saturated heterocycles. The van der Waals surface area contributed by atoms with Crippen molar-refractivity contribution in [2.24, 2.45) is 5.84 Å². The van der Waals surface area contributed by atoms with Gasteiger partial charge >= 0.3 is 0 Å². The molecule has 1 aromatic heterocycles. The first kappa shape index (κ1) is 13.8. The number of nitrogens with zero attached hydrogens (tertiary/aromatic N) is 2. The second kappa shape index (κ2) is 5.99. The molecule has 2 rings (SSSR count). The van der Waals surface area contributed by atoms with Crippen LogP contribution in [0.4, 0.5) is 5.82 Å². The van der Waals surface area contributed by atoms with E-state index in [1.54, 1.807) is 18.3 Å². The van der Waals surface area contributed by atoms with Gasteiger partial charge in [-0.3, -0.25) is 4.79 Å². The first-order valence-electron chi connectivity index (χ1n) is 6.51. The number of carbonyl (C=O) groups is 1. The Morgan fingerprint density at radius 2 is 2.42 bits per heavy atom. The Hall–Kier alpha value is -1.66. The lowest BCUT2D eigenvalue weighted by molar-refractivity contribution is -0.0444. The lowest BCUT2D eigenvalue weighted by Gasteiger charge is -2.38. The highest BCUT2D eigenvalue weighted by Gasteiger charge is 2.30. The van der Waals surface area contributed by atoms with Gasteiger partial charge in [-0.15, -0.1) is 0 Å². The summed E-state index contributed by atoms with van der Waals surface area (Å²) in [6, 6.07) is 3.56. The molecule has 2 heterocycles. The number of hydrogen-bond donors (Lipinski definition) is 2. The van der Waals surface area contributed by atoms with E-state index in [1.807, 2.05) is 11.8 Å². The van der Waals surface area contributed by atoms with E-state index in [9.17, 15) is 4.79 Å². The summed E-state index contributed by atoms with van der Waals surface area (Å²) in [5, 5.41) is 0. The van der Waals surface area contributed by atoms with E-state index in [-0.39, 0.29) is 18.1 Å². The number of morpholine rings is 1. The van der Waals surface area contributed by atoms with Gasteiger partial charge in [0.1, 0.15) is 5.82 Å². The fraction of sp³-hybridized carbons (Fsp3) is 0.538. The summed E-state index contributed by atoms with van der Waals surface area (Å²) in [6.07, 6.45) is 2.50. The average Bonchev–Trinajstić information content (AvgIpc) is 2.46. The van der Waals surface area contributed by atoms with Crippen molar-refractivity contribution in [3.8, 4) is 0 Å².